The van der Waals surface area contributed by atoms with Gasteiger partial charge in [-0.05, 0) is 50.1 Å². The molecule has 0 unspecified atom stereocenters. The van der Waals surface area contributed by atoms with Gasteiger partial charge in [0.25, 0.3) is 10.0 Å². The zero-order valence-electron chi connectivity index (χ0n) is 15.4. The molecule has 4 nitrogen and oxygen atoms in total. The number of aryl methyl sites for hydroxylation is 1. The third-order valence-electron chi connectivity index (χ3n) is 4.35. The lowest BCUT2D eigenvalue weighted by molar-refractivity contribution is -0.118. The van der Waals surface area contributed by atoms with Gasteiger partial charge in [0.15, 0.2) is 5.78 Å². The van der Waals surface area contributed by atoms with Crippen molar-refractivity contribution in [3.05, 3.63) is 72.4 Å². The monoisotopic (exact) mass is 371 g/mol. The minimum Gasteiger partial charge on any atom is -0.294 e. The van der Waals surface area contributed by atoms with E-state index < -0.39 is 10.0 Å². The van der Waals surface area contributed by atoms with Crippen LogP contribution in [0.5, 0.6) is 0 Å². The predicted molar refractivity (Wildman–Crippen MR) is 106 cm³/mol. The van der Waals surface area contributed by atoms with Crippen LogP contribution in [0.25, 0.3) is 0 Å². The van der Waals surface area contributed by atoms with E-state index in [1.54, 1.807) is 48.5 Å². The van der Waals surface area contributed by atoms with E-state index >= 15 is 0 Å². The van der Waals surface area contributed by atoms with E-state index in [0.29, 0.717) is 5.69 Å². The molecule has 0 saturated carbocycles. The minimum absolute atomic E-state index is 0.0602. The normalized spacial score (nSPS) is 11.8. The molecule has 0 amide bonds. The fourth-order valence-corrected chi connectivity index (χ4v) is 4.00. The largest absolute Gasteiger partial charge is 0.294 e. The van der Waals surface area contributed by atoms with Crippen LogP contribution in [0.4, 0.5) is 5.69 Å². The van der Waals surface area contributed by atoms with Gasteiger partial charge in [-0.25, -0.2) is 12.7 Å². The predicted octanol–water partition coefficient (Wildman–Crippen LogP) is 4.71. The zero-order chi connectivity index (χ0) is 19.2. The summed E-state index contributed by atoms with van der Waals surface area (Å²) in [5, 5.41) is 0. The van der Waals surface area contributed by atoms with Crippen molar-refractivity contribution in [2.24, 2.45) is 5.92 Å². The highest BCUT2D eigenvalue weighted by atomic mass is 32.2. The highest BCUT2D eigenvalue weighted by Crippen LogP contribution is 2.24. The molecular weight excluding hydrogens is 346 g/mol. The van der Waals surface area contributed by atoms with Gasteiger partial charge in [-0.1, -0.05) is 49.7 Å². The Morgan fingerprint density at radius 3 is 2.12 bits per heavy atom. The smallest absolute Gasteiger partial charge is 0.268 e. The Hall–Kier alpha value is -2.40. The number of anilines is 1. The van der Waals surface area contributed by atoms with E-state index in [0.717, 1.165) is 22.7 Å². The lowest BCUT2D eigenvalue weighted by atomic mass is 9.98. The van der Waals surface area contributed by atoms with Gasteiger partial charge in [0.2, 0.25) is 0 Å². The fraction of sp³-hybridized carbons (Fsp3) is 0.286. The Morgan fingerprint density at radius 1 is 1.00 bits per heavy atom. The number of nitrogens with zero attached hydrogens (tertiary/aromatic N) is 1. The lowest BCUT2D eigenvalue weighted by Gasteiger charge is -2.21. The van der Waals surface area contributed by atoms with Crippen LogP contribution in [-0.4, -0.2) is 14.2 Å². The van der Waals surface area contributed by atoms with E-state index in [4.69, 9.17) is 0 Å². The zero-order valence-corrected chi connectivity index (χ0v) is 16.2. The van der Waals surface area contributed by atoms with Crippen LogP contribution in [0.2, 0.25) is 0 Å². The van der Waals surface area contributed by atoms with E-state index in [-0.39, 0.29) is 16.6 Å². The molecule has 2 aromatic carbocycles. The Bertz CT molecular complexity index is 852. The van der Waals surface area contributed by atoms with E-state index in [1.807, 2.05) is 26.8 Å². The average molecular weight is 372 g/mol. The molecule has 0 radical (unpaired) electrons. The maximum absolute atomic E-state index is 13.1. The van der Waals surface area contributed by atoms with Crippen LogP contribution in [0, 0.1) is 12.8 Å². The van der Waals surface area contributed by atoms with Crippen LogP contribution in [0.1, 0.15) is 32.3 Å². The number of hydrogen-bond acceptors (Lipinski definition) is 3. The minimum atomic E-state index is -3.81. The van der Waals surface area contributed by atoms with Gasteiger partial charge in [-0.2, -0.15) is 0 Å². The summed E-state index contributed by atoms with van der Waals surface area (Å²) in [6, 6.07) is 15.4. The fourth-order valence-electron chi connectivity index (χ4n) is 2.67. The number of carbonyl (C=O) groups is 1. The summed E-state index contributed by atoms with van der Waals surface area (Å²) >= 11 is 0. The average Bonchev–Trinajstić information content (AvgIpc) is 2.64. The van der Waals surface area contributed by atoms with Crippen molar-refractivity contribution < 1.29 is 13.2 Å². The van der Waals surface area contributed by atoms with Crippen molar-refractivity contribution >= 4 is 21.5 Å². The van der Waals surface area contributed by atoms with Crippen molar-refractivity contribution in [2.75, 3.05) is 4.31 Å². The van der Waals surface area contributed by atoms with Gasteiger partial charge in [0.05, 0.1) is 10.6 Å². The Balaban J connectivity index is 2.45. The molecule has 0 spiro atoms. The van der Waals surface area contributed by atoms with Crippen LogP contribution in [0.15, 0.2) is 71.8 Å². The van der Waals surface area contributed by atoms with E-state index in [2.05, 4.69) is 0 Å². The highest BCUT2D eigenvalue weighted by Gasteiger charge is 2.23. The molecule has 0 aliphatic carbocycles. The molecule has 0 aromatic heterocycles. The third-order valence-corrected chi connectivity index (χ3v) is 6.07. The summed E-state index contributed by atoms with van der Waals surface area (Å²) in [7, 11) is -3.81. The number of sulfonamides is 1. The molecular formula is C21H25NO3S. The third kappa shape index (κ3) is 4.61. The first-order valence-corrected chi connectivity index (χ1v) is 10.2. The highest BCUT2D eigenvalue weighted by molar-refractivity contribution is 7.93. The summed E-state index contributed by atoms with van der Waals surface area (Å²) < 4.78 is 27.4. The maximum Gasteiger partial charge on any atom is 0.268 e. The second-order valence-electron chi connectivity index (χ2n) is 6.18. The molecule has 5 heteroatoms. The Kier molecular flexibility index (Phi) is 6.75. The topological polar surface area (TPSA) is 54.5 Å². The van der Waals surface area contributed by atoms with Gasteiger partial charge in [0, 0.05) is 12.1 Å². The molecule has 0 heterocycles. The molecule has 0 aliphatic heterocycles. The lowest BCUT2D eigenvalue weighted by Crippen LogP contribution is -2.26. The van der Waals surface area contributed by atoms with Gasteiger partial charge in [-0.15, -0.1) is 0 Å². The molecule has 0 aliphatic rings. The van der Waals surface area contributed by atoms with Crippen molar-refractivity contribution in [1.29, 1.82) is 0 Å². The first-order chi connectivity index (χ1) is 12.4. The number of ketones is 1. The summed E-state index contributed by atoms with van der Waals surface area (Å²) in [6.07, 6.45) is 4.20. The summed E-state index contributed by atoms with van der Waals surface area (Å²) in [5.41, 5.74) is 1.47. The second kappa shape index (κ2) is 8.81. The summed E-state index contributed by atoms with van der Waals surface area (Å²) in [5.74, 6) is -0.152. The number of benzene rings is 2. The molecule has 0 fully saturated rings. The van der Waals surface area contributed by atoms with Gasteiger partial charge < -0.3 is 0 Å². The SMILES string of the molecule is CCC(CC)C(=O)/C=C/N(c1ccccc1)S(=O)(=O)c1ccc(C)cc1. The van der Waals surface area contributed by atoms with E-state index in [9.17, 15) is 13.2 Å². The molecule has 0 saturated heterocycles. The van der Waals surface area contributed by atoms with Gasteiger partial charge in [0.1, 0.15) is 0 Å². The van der Waals surface area contributed by atoms with E-state index in [1.165, 1.54) is 12.3 Å². The number of allylic oxidation sites excluding steroid dienone is 1. The van der Waals surface area contributed by atoms with Crippen LogP contribution >= 0.6 is 0 Å². The molecule has 138 valence electrons. The van der Waals surface area contributed by atoms with Crippen molar-refractivity contribution in [3.63, 3.8) is 0 Å². The number of para-hydroxylation sites is 1. The number of rotatable bonds is 8. The van der Waals surface area contributed by atoms with Crippen LogP contribution < -0.4 is 4.31 Å². The second-order valence-corrected chi connectivity index (χ2v) is 8.00. The summed E-state index contributed by atoms with van der Waals surface area (Å²) in [4.78, 5) is 12.5. The first-order valence-electron chi connectivity index (χ1n) is 8.78. The molecule has 2 rings (SSSR count). The molecule has 0 N–H and O–H groups in total. The molecule has 0 atom stereocenters. The van der Waals surface area contributed by atoms with Crippen molar-refractivity contribution in [1.82, 2.24) is 0 Å². The van der Waals surface area contributed by atoms with Crippen LogP contribution in [-0.2, 0) is 14.8 Å². The molecule has 2 aromatic rings. The van der Waals surface area contributed by atoms with Crippen molar-refractivity contribution in [3.8, 4) is 0 Å². The summed E-state index contributed by atoms with van der Waals surface area (Å²) in [6.45, 7) is 5.81. The van der Waals surface area contributed by atoms with Gasteiger partial charge in [-0.3, -0.25) is 4.79 Å². The quantitative estimate of drug-likeness (QED) is 0.632. The van der Waals surface area contributed by atoms with Gasteiger partial charge >= 0.3 is 0 Å². The number of hydrogen-bond donors (Lipinski definition) is 0. The molecule has 26 heavy (non-hydrogen) atoms. The van der Waals surface area contributed by atoms with Crippen molar-refractivity contribution in [2.45, 2.75) is 38.5 Å². The maximum atomic E-state index is 13.1. The standard InChI is InChI=1S/C21H25NO3S/c1-4-18(5-2)21(23)15-16-22(19-9-7-6-8-10-19)26(24,25)20-13-11-17(3)12-14-20/h6-16,18H,4-5H2,1-3H3/b16-15+. The number of carbonyl (C=O) groups excluding carboxylic acids is 1. The first kappa shape index (κ1) is 19.9. The Labute approximate surface area is 156 Å². The Morgan fingerprint density at radius 2 is 1.58 bits per heavy atom. The molecule has 0 bridgehead atoms. The van der Waals surface area contributed by atoms with Crippen LogP contribution in [0.3, 0.4) is 0 Å².